The van der Waals surface area contributed by atoms with Crippen LogP contribution in [-0.2, 0) is 14.3 Å². The van der Waals surface area contributed by atoms with Gasteiger partial charge in [-0.3, -0.25) is 4.79 Å². The van der Waals surface area contributed by atoms with Gasteiger partial charge in [0.05, 0.1) is 12.8 Å². The number of carbonyl (C=O) groups excluding carboxylic acids is 1. The third-order valence-corrected chi connectivity index (χ3v) is 2.34. The first-order valence-corrected chi connectivity index (χ1v) is 5.81. The molecule has 0 radical (unpaired) electrons. The lowest BCUT2D eigenvalue weighted by Crippen LogP contribution is -2.19. The van der Waals surface area contributed by atoms with Crippen molar-refractivity contribution >= 4 is 11.6 Å². The maximum absolute atomic E-state index is 11.3. The number of aryl methyl sites for hydroxylation is 1. The highest BCUT2D eigenvalue weighted by molar-refractivity contribution is 5.86. The second-order valence-electron chi connectivity index (χ2n) is 3.99. The van der Waals surface area contributed by atoms with Gasteiger partial charge in [0.1, 0.15) is 12.0 Å². The average molecular weight is 265 g/mol. The Morgan fingerprint density at radius 2 is 2.11 bits per heavy atom. The van der Waals surface area contributed by atoms with Crippen LogP contribution < -0.4 is 10.1 Å². The van der Waals surface area contributed by atoms with E-state index in [-0.39, 0.29) is 12.7 Å². The number of benzene rings is 1. The van der Waals surface area contributed by atoms with E-state index in [4.69, 9.17) is 14.2 Å². The zero-order valence-corrected chi connectivity index (χ0v) is 11.6. The van der Waals surface area contributed by atoms with E-state index in [1.807, 2.05) is 25.1 Å². The van der Waals surface area contributed by atoms with Crippen molar-refractivity contribution in [3.63, 3.8) is 0 Å². The molecule has 0 saturated carbocycles. The number of ether oxygens (including phenoxy) is 3. The van der Waals surface area contributed by atoms with Crippen LogP contribution in [-0.4, -0.2) is 26.9 Å². The Morgan fingerprint density at radius 3 is 2.68 bits per heavy atom. The Morgan fingerprint density at radius 1 is 1.37 bits per heavy atom. The van der Waals surface area contributed by atoms with Crippen LogP contribution in [0.1, 0.15) is 18.1 Å². The van der Waals surface area contributed by atoms with Gasteiger partial charge in [0.15, 0.2) is 6.79 Å². The Hall–Kier alpha value is -2.01. The zero-order chi connectivity index (χ0) is 14.3. The molecule has 0 aliphatic rings. The average Bonchev–Trinajstić information content (AvgIpc) is 2.37. The summed E-state index contributed by atoms with van der Waals surface area (Å²) >= 11 is 0. The smallest absolute Gasteiger partial charge is 0.221 e. The van der Waals surface area contributed by atoms with E-state index in [9.17, 15) is 4.79 Å². The Balaban J connectivity index is 3.11. The van der Waals surface area contributed by atoms with Gasteiger partial charge in [0, 0.05) is 19.6 Å². The van der Waals surface area contributed by atoms with Crippen molar-refractivity contribution in [1.29, 1.82) is 0 Å². The molecule has 1 aromatic carbocycles. The largest absolute Gasteiger partial charge is 0.496 e. The molecule has 0 spiro atoms. The van der Waals surface area contributed by atoms with E-state index in [1.54, 1.807) is 7.11 Å². The number of amides is 1. The number of methoxy groups -OCH3 is 2. The number of nitrogens with one attached hydrogen (secondary N) is 1. The summed E-state index contributed by atoms with van der Waals surface area (Å²) in [5.74, 6) is 0.474. The molecule has 0 saturated heterocycles. The second-order valence-corrected chi connectivity index (χ2v) is 3.99. The van der Waals surface area contributed by atoms with Gasteiger partial charge in [-0.2, -0.15) is 0 Å². The summed E-state index contributed by atoms with van der Waals surface area (Å²) in [5, 5.41) is 2.72. The molecule has 0 bridgehead atoms. The van der Waals surface area contributed by atoms with Crippen molar-refractivity contribution < 1.29 is 19.0 Å². The monoisotopic (exact) mass is 265 g/mol. The summed E-state index contributed by atoms with van der Waals surface area (Å²) in [7, 11) is 3.11. The molecule has 0 aromatic heterocycles. The van der Waals surface area contributed by atoms with E-state index < -0.39 is 0 Å². The molecule has 1 N–H and O–H groups in total. The van der Waals surface area contributed by atoms with Crippen molar-refractivity contribution in [3.05, 3.63) is 35.6 Å². The third-order valence-electron chi connectivity index (χ3n) is 2.34. The Bertz CT molecular complexity index is 469. The third kappa shape index (κ3) is 4.63. The van der Waals surface area contributed by atoms with Gasteiger partial charge >= 0.3 is 0 Å². The molecule has 104 valence electrons. The first kappa shape index (κ1) is 15.0. The molecule has 1 aromatic rings. The molecule has 5 heteroatoms. The lowest BCUT2D eigenvalue weighted by Gasteiger charge is -2.13. The van der Waals surface area contributed by atoms with Crippen LogP contribution in [0.15, 0.2) is 24.5 Å². The summed E-state index contributed by atoms with van der Waals surface area (Å²) in [4.78, 5) is 11.3. The fourth-order valence-corrected chi connectivity index (χ4v) is 1.57. The van der Waals surface area contributed by atoms with Crippen LogP contribution in [0.2, 0.25) is 0 Å². The fourth-order valence-electron chi connectivity index (χ4n) is 1.57. The van der Waals surface area contributed by atoms with Crippen molar-refractivity contribution in [2.45, 2.75) is 13.8 Å². The standard InChI is InChI=1S/C14H19NO4/c1-10-5-6-14(18-4)12(7-10)13(15-11(2)16)8-19-9-17-3/h5-8H,9H2,1-4H3,(H,15,16)/b13-8-. The van der Waals surface area contributed by atoms with Gasteiger partial charge in [0.2, 0.25) is 5.91 Å². The van der Waals surface area contributed by atoms with E-state index in [1.165, 1.54) is 20.3 Å². The van der Waals surface area contributed by atoms with Crippen molar-refractivity contribution in [1.82, 2.24) is 5.32 Å². The lowest BCUT2D eigenvalue weighted by atomic mass is 10.1. The molecular weight excluding hydrogens is 246 g/mol. The van der Waals surface area contributed by atoms with E-state index in [0.29, 0.717) is 11.4 Å². The van der Waals surface area contributed by atoms with Crippen molar-refractivity contribution in [3.8, 4) is 5.75 Å². The van der Waals surface area contributed by atoms with E-state index in [2.05, 4.69) is 5.32 Å². The maximum atomic E-state index is 11.3. The van der Waals surface area contributed by atoms with Crippen molar-refractivity contribution in [2.24, 2.45) is 0 Å². The van der Waals surface area contributed by atoms with E-state index >= 15 is 0 Å². The van der Waals surface area contributed by atoms with Gasteiger partial charge in [-0.05, 0) is 19.1 Å². The summed E-state index contributed by atoms with van der Waals surface area (Å²) in [6.07, 6.45) is 1.45. The van der Waals surface area contributed by atoms with Gasteiger partial charge in [-0.15, -0.1) is 0 Å². The molecule has 0 fully saturated rings. The highest BCUT2D eigenvalue weighted by Crippen LogP contribution is 2.25. The molecule has 5 nitrogen and oxygen atoms in total. The second kappa shape index (κ2) is 7.43. The highest BCUT2D eigenvalue weighted by atomic mass is 16.7. The van der Waals surface area contributed by atoms with Crippen LogP contribution in [0.5, 0.6) is 5.75 Å². The van der Waals surface area contributed by atoms with Gasteiger partial charge in [0.25, 0.3) is 0 Å². The number of hydrogen-bond acceptors (Lipinski definition) is 4. The Labute approximate surface area is 113 Å². The minimum Gasteiger partial charge on any atom is -0.496 e. The molecule has 0 heterocycles. The molecule has 1 amide bonds. The number of carbonyl (C=O) groups is 1. The van der Waals surface area contributed by atoms with Gasteiger partial charge in [-0.1, -0.05) is 11.6 Å². The summed E-state index contributed by atoms with van der Waals surface area (Å²) in [5.41, 5.74) is 2.35. The molecule has 0 unspecified atom stereocenters. The molecule has 0 aliphatic carbocycles. The molecular formula is C14H19NO4. The van der Waals surface area contributed by atoms with Crippen LogP contribution in [0.25, 0.3) is 5.70 Å². The number of hydrogen-bond donors (Lipinski definition) is 1. The van der Waals surface area contributed by atoms with Crippen LogP contribution in [0, 0.1) is 6.92 Å². The molecule has 19 heavy (non-hydrogen) atoms. The van der Waals surface area contributed by atoms with Gasteiger partial charge in [-0.25, -0.2) is 0 Å². The number of rotatable bonds is 6. The fraction of sp³-hybridized carbons (Fsp3) is 0.357. The van der Waals surface area contributed by atoms with Crippen LogP contribution >= 0.6 is 0 Å². The van der Waals surface area contributed by atoms with E-state index in [0.717, 1.165) is 11.1 Å². The Kier molecular flexibility index (Phi) is 5.89. The minimum atomic E-state index is -0.184. The predicted octanol–water partition coefficient (Wildman–Crippen LogP) is 2.06. The van der Waals surface area contributed by atoms with Crippen molar-refractivity contribution in [2.75, 3.05) is 21.0 Å². The topological polar surface area (TPSA) is 56.8 Å². The minimum absolute atomic E-state index is 0.108. The summed E-state index contributed by atoms with van der Waals surface area (Å²) in [6.45, 7) is 3.51. The SMILES string of the molecule is COCO/C=C(\NC(C)=O)c1cc(C)ccc1OC. The summed E-state index contributed by atoms with van der Waals surface area (Å²) < 4.78 is 15.3. The summed E-state index contributed by atoms with van der Waals surface area (Å²) in [6, 6.07) is 5.69. The first-order valence-electron chi connectivity index (χ1n) is 5.81. The predicted molar refractivity (Wildman–Crippen MR) is 72.5 cm³/mol. The maximum Gasteiger partial charge on any atom is 0.221 e. The normalized spacial score (nSPS) is 11.1. The highest BCUT2D eigenvalue weighted by Gasteiger charge is 2.11. The van der Waals surface area contributed by atoms with Gasteiger partial charge < -0.3 is 19.5 Å². The molecule has 1 rings (SSSR count). The lowest BCUT2D eigenvalue weighted by molar-refractivity contribution is -0.117. The molecule has 0 atom stereocenters. The molecule has 0 aliphatic heterocycles. The zero-order valence-electron chi connectivity index (χ0n) is 11.6. The first-order chi connectivity index (χ1) is 9.08. The van der Waals surface area contributed by atoms with Crippen LogP contribution in [0.4, 0.5) is 0 Å². The van der Waals surface area contributed by atoms with Crippen LogP contribution in [0.3, 0.4) is 0 Å². The quantitative estimate of drug-likeness (QED) is 0.486.